The number of aromatic nitrogens is 1. The van der Waals surface area contributed by atoms with E-state index in [0.717, 1.165) is 16.3 Å². The number of likely N-dealkylation sites (N-methyl/N-ethyl adjacent to an activating group) is 2. The molecule has 2 aliphatic heterocycles. The number of nitrogens with zero attached hydrogens (tertiary/aromatic N) is 6. The molecule has 0 spiro atoms. The zero-order valence-electron chi connectivity index (χ0n) is 22.3. The monoisotopic (exact) mass is 604 g/mol. The van der Waals surface area contributed by atoms with Crippen LogP contribution in [0.25, 0.3) is 6.08 Å². The van der Waals surface area contributed by atoms with Crippen molar-refractivity contribution in [3.8, 4) is 0 Å². The fourth-order valence-corrected chi connectivity index (χ4v) is 5.80. The molecule has 2 saturated heterocycles. The molecule has 1 aromatic carbocycles. The van der Waals surface area contributed by atoms with Crippen LogP contribution in [0.4, 0.5) is 16.5 Å². The van der Waals surface area contributed by atoms with Crippen LogP contribution in [0.1, 0.15) is 16.9 Å². The number of pyridine rings is 1. The van der Waals surface area contributed by atoms with E-state index >= 15 is 0 Å². The summed E-state index contributed by atoms with van der Waals surface area (Å²) in [7, 11) is 4.64. The molecule has 0 bridgehead atoms. The van der Waals surface area contributed by atoms with Gasteiger partial charge in [0.1, 0.15) is 22.8 Å². The van der Waals surface area contributed by atoms with Gasteiger partial charge in [-0.3, -0.25) is 43.7 Å². The summed E-state index contributed by atoms with van der Waals surface area (Å²) in [6.45, 7) is 0.202. The van der Waals surface area contributed by atoms with Crippen molar-refractivity contribution < 1.29 is 19.2 Å². The van der Waals surface area contributed by atoms with Crippen molar-refractivity contribution in [2.75, 3.05) is 26.0 Å². The van der Waals surface area contributed by atoms with Gasteiger partial charge in [-0.1, -0.05) is 18.2 Å². The van der Waals surface area contributed by atoms with E-state index in [4.69, 9.17) is 24.4 Å². The van der Waals surface area contributed by atoms with Crippen LogP contribution in [0.5, 0.6) is 0 Å². The lowest BCUT2D eigenvalue weighted by atomic mass is 10.1. The highest BCUT2D eigenvalue weighted by Gasteiger charge is 2.36. The van der Waals surface area contributed by atoms with Crippen LogP contribution < -0.4 is 4.90 Å². The fourth-order valence-electron chi connectivity index (χ4n) is 4.39. The van der Waals surface area contributed by atoms with Crippen molar-refractivity contribution in [1.82, 2.24) is 24.6 Å². The number of benzene rings is 1. The molecule has 0 N–H and O–H groups in total. The highest BCUT2D eigenvalue weighted by Crippen LogP contribution is 2.39. The number of anilines is 3. The molecule has 2 fully saturated rings. The molecule has 2 aliphatic rings. The molecule has 0 saturated carbocycles. The second-order valence-electron chi connectivity index (χ2n) is 9.33. The lowest BCUT2D eigenvalue weighted by Gasteiger charge is -2.33. The Kier molecular flexibility index (Phi) is 7.76. The third-order valence-corrected chi connectivity index (χ3v) is 8.71. The number of amides is 4. The fraction of sp³-hybridized carbons (Fsp3) is 0.179. The van der Waals surface area contributed by atoms with Gasteiger partial charge in [-0.05, 0) is 72.5 Å². The summed E-state index contributed by atoms with van der Waals surface area (Å²) in [4.78, 5) is 62.7. The Morgan fingerprint density at radius 3 is 2.29 bits per heavy atom. The molecule has 4 heterocycles. The maximum atomic E-state index is 12.8. The molecule has 13 heteroatoms. The van der Waals surface area contributed by atoms with E-state index in [-0.39, 0.29) is 40.6 Å². The molecular weight excluding hydrogens is 581 g/mol. The largest absolute Gasteiger partial charge is 0.292 e. The van der Waals surface area contributed by atoms with Crippen LogP contribution in [-0.4, -0.2) is 79.6 Å². The Morgan fingerprint density at radius 2 is 1.61 bits per heavy atom. The van der Waals surface area contributed by atoms with Crippen LogP contribution in [0.2, 0.25) is 0 Å². The highest BCUT2D eigenvalue weighted by molar-refractivity contribution is 7.80. The number of hydrogen-bond acceptors (Lipinski definition) is 9. The van der Waals surface area contributed by atoms with Crippen molar-refractivity contribution in [3.63, 3.8) is 0 Å². The Balaban J connectivity index is 1.49. The lowest BCUT2D eigenvalue weighted by Crippen LogP contribution is -2.52. The van der Waals surface area contributed by atoms with Gasteiger partial charge in [0, 0.05) is 37.9 Å². The molecule has 3 aromatic rings. The number of carbonyl (C=O) groups excluding carboxylic acids is 4. The molecule has 2 aromatic heterocycles. The van der Waals surface area contributed by atoms with Crippen LogP contribution >= 0.6 is 35.8 Å². The predicted octanol–water partition coefficient (Wildman–Crippen LogP) is 3.69. The van der Waals surface area contributed by atoms with Gasteiger partial charge >= 0.3 is 0 Å². The minimum Gasteiger partial charge on any atom is -0.292 e. The summed E-state index contributed by atoms with van der Waals surface area (Å²) < 4.78 is 0. The predicted molar refractivity (Wildman–Crippen MR) is 163 cm³/mol. The number of hydrogen-bond donors (Lipinski definition) is 0. The third-order valence-electron chi connectivity index (χ3n) is 6.65. The van der Waals surface area contributed by atoms with E-state index in [1.165, 1.54) is 45.0 Å². The molecule has 0 atom stereocenters. The summed E-state index contributed by atoms with van der Waals surface area (Å²) in [6, 6.07) is 16.9. The minimum absolute atomic E-state index is 0.0222. The van der Waals surface area contributed by atoms with E-state index in [1.807, 2.05) is 59.5 Å². The van der Waals surface area contributed by atoms with Gasteiger partial charge in [-0.25, -0.2) is 4.98 Å². The van der Waals surface area contributed by atoms with E-state index in [2.05, 4.69) is 4.98 Å². The molecule has 0 radical (unpaired) electrons. The normalized spacial score (nSPS) is 16.2. The zero-order valence-corrected chi connectivity index (χ0v) is 24.8. The SMILES string of the molecule is CN1C(=O)C(=Cc2ccc(N(c3cccc(CN4C(=O)CC(=O)N(C)C4=S)c3)c3ccccn3)s2)C(=O)N(C)C1=S. The Hall–Kier alpha value is -4.33. The topological polar surface area (TPSA) is 97.4 Å². The van der Waals surface area contributed by atoms with Gasteiger partial charge < -0.3 is 0 Å². The van der Waals surface area contributed by atoms with Gasteiger partial charge in [0.15, 0.2) is 10.2 Å². The molecule has 10 nitrogen and oxygen atoms in total. The maximum Gasteiger partial charge on any atom is 0.265 e. The summed E-state index contributed by atoms with van der Waals surface area (Å²) in [5.41, 5.74) is 1.60. The number of rotatable bonds is 6. The van der Waals surface area contributed by atoms with Crippen LogP contribution in [0, 0.1) is 0 Å². The average molecular weight is 605 g/mol. The van der Waals surface area contributed by atoms with E-state index in [1.54, 1.807) is 19.3 Å². The smallest absolute Gasteiger partial charge is 0.265 e. The summed E-state index contributed by atoms with van der Waals surface area (Å²) in [6.07, 6.45) is 3.03. The number of carbonyl (C=O) groups is 4. The van der Waals surface area contributed by atoms with Crippen molar-refractivity contribution in [1.29, 1.82) is 0 Å². The maximum absolute atomic E-state index is 12.8. The highest BCUT2D eigenvalue weighted by atomic mass is 32.1. The first kappa shape index (κ1) is 28.2. The van der Waals surface area contributed by atoms with E-state index < -0.39 is 11.8 Å². The molecule has 0 aliphatic carbocycles. The lowest BCUT2D eigenvalue weighted by molar-refractivity contribution is -0.140. The minimum atomic E-state index is -0.458. The molecule has 208 valence electrons. The van der Waals surface area contributed by atoms with Crippen molar-refractivity contribution in [2.45, 2.75) is 13.0 Å². The zero-order chi connectivity index (χ0) is 29.4. The Morgan fingerprint density at radius 1 is 0.878 bits per heavy atom. The molecule has 0 unspecified atom stereocenters. The second kappa shape index (κ2) is 11.3. The van der Waals surface area contributed by atoms with E-state index in [9.17, 15) is 19.2 Å². The van der Waals surface area contributed by atoms with Crippen LogP contribution in [0.3, 0.4) is 0 Å². The second-order valence-corrected chi connectivity index (χ2v) is 11.2. The average Bonchev–Trinajstić information content (AvgIpc) is 3.43. The van der Waals surface area contributed by atoms with Crippen molar-refractivity contribution >= 4 is 92.2 Å². The number of thiophene rings is 1. The standard InChI is InChI=1S/C28H24N6O4S3/c1-30-22(35)15-23(36)33(28(30)40)16-17-7-6-8-18(13-17)34(21-9-4-5-12-29-21)24-11-10-19(41-24)14-20-25(37)31(2)27(39)32(3)26(20)38/h4-14H,15-16H2,1-3H3. The van der Waals surface area contributed by atoms with Gasteiger partial charge in [-0.2, -0.15) is 0 Å². The van der Waals surface area contributed by atoms with Gasteiger partial charge in [0.2, 0.25) is 11.8 Å². The molecule has 41 heavy (non-hydrogen) atoms. The third kappa shape index (κ3) is 5.38. The first-order valence-corrected chi connectivity index (χ1v) is 14.0. The first-order chi connectivity index (χ1) is 19.6. The summed E-state index contributed by atoms with van der Waals surface area (Å²) in [5, 5.41) is 1.10. The van der Waals surface area contributed by atoms with Gasteiger partial charge in [-0.15, -0.1) is 11.3 Å². The van der Waals surface area contributed by atoms with Crippen LogP contribution in [0.15, 0.2) is 66.4 Å². The number of thiocarbonyl (C=S) groups is 2. The summed E-state index contributed by atoms with van der Waals surface area (Å²) in [5.74, 6) is -0.938. The first-order valence-electron chi connectivity index (χ1n) is 12.4. The van der Waals surface area contributed by atoms with Gasteiger partial charge in [0.05, 0.1) is 6.54 Å². The Labute approximate surface area is 251 Å². The molecular formula is C28H24N6O4S3. The van der Waals surface area contributed by atoms with Gasteiger partial charge in [0.25, 0.3) is 11.8 Å². The Bertz CT molecular complexity index is 1610. The summed E-state index contributed by atoms with van der Waals surface area (Å²) >= 11 is 11.9. The van der Waals surface area contributed by atoms with Crippen molar-refractivity contribution in [3.05, 3.63) is 76.8 Å². The molecule has 4 amide bonds. The molecule has 5 rings (SSSR count). The van der Waals surface area contributed by atoms with Crippen LogP contribution in [-0.2, 0) is 25.7 Å². The van der Waals surface area contributed by atoms with E-state index in [0.29, 0.717) is 10.7 Å². The quantitative estimate of drug-likeness (QED) is 0.182. The van der Waals surface area contributed by atoms with Crippen molar-refractivity contribution in [2.24, 2.45) is 0 Å².